The summed E-state index contributed by atoms with van der Waals surface area (Å²) in [5.74, 6) is 0.203. The first-order valence-electron chi connectivity index (χ1n) is 9.24. The van der Waals surface area contributed by atoms with Gasteiger partial charge in [0.05, 0.1) is 4.88 Å². The summed E-state index contributed by atoms with van der Waals surface area (Å²) in [6.45, 7) is 8.46. The first-order chi connectivity index (χ1) is 12.1. The Kier molecular flexibility index (Phi) is 4.42. The third-order valence-corrected chi connectivity index (χ3v) is 6.80. The highest BCUT2D eigenvalue weighted by Gasteiger charge is 2.43. The van der Waals surface area contributed by atoms with Crippen LogP contribution in [0.15, 0.2) is 41.8 Å². The zero-order valence-electron chi connectivity index (χ0n) is 15.1. The van der Waals surface area contributed by atoms with Crippen LogP contribution < -0.4 is 0 Å². The molecule has 1 saturated heterocycles. The number of hydrogen-bond donors (Lipinski definition) is 0. The van der Waals surface area contributed by atoms with Crippen LogP contribution in [0.5, 0.6) is 0 Å². The summed E-state index contributed by atoms with van der Waals surface area (Å²) in [5, 5.41) is 1.98. The van der Waals surface area contributed by atoms with Crippen molar-refractivity contribution >= 4 is 17.2 Å². The third kappa shape index (κ3) is 3.02. The van der Waals surface area contributed by atoms with E-state index in [4.69, 9.17) is 0 Å². The number of piperidine rings is 1. The van der Waals surface area contributed by atoms with Gasteiger partial charge in [0, 0.05) is 37.6 Å². The van der Waals surface area contributed by atoms with E-state index < -0.39 is 0 Å². The van der Waals surface area contributed by atoms with E-state index in [9.17, 15) is 4.79 Å². The fraction of sp³-hybridized carbons (Fsp3) is 0.476. The minimum Gasteiger partial charge on any atom is -0.338 e. The Hall–Kier alpha value is -1.65. The molecule has 0 unspecified atom stereocenters. The number of carbonyl (C=O) groups is 1. The van der Waals surface area contributed by atoms with Gasteiger partial charge in [0.1, 0.15) is 0 Å². The molecule has 1 amide bonds. The Morgan fingerprint density at radius 2 is 1.88 bits per heavy atom. The SMILES string of the molecule is CC(C)N1Cc2ccccc2C2(CCN(C(=O)c3cccs3)CC2)C1. The van der Waals surface area contributed by atoms with Crippen LogP contribution in [0, 0.1) is 0 Å². The molecule has 132 valence electrons. The number of amides is 1. The molecule has 2 aliphatic rings. The Morgan fingerprint density at radius 3 is 2.56 bits per heavy atom. The van der Waals surface area contributed by atoms with Crippen molar-refractivity contribution in [2.45, 2.75) is 44.7 Å². The number of benzene rings is 1. The standard InChI is InChI=1S/C21H26N2OS/c1-16(2)23-14-17-6-3-4-7-18(17)21(15-23)9-11-22(12-10-21)20(24)19-8-5-13-25-19/h3-8,13,16H,9-12,14-15H2,1-2H3. The van der Waals surface area contributed by atoms with E-state index in [-0.39, 0.29) is 11.3 Å². The van der Waals surface area contributed by atoms with Crippen LogP contribution in [0.1, 0.15) is 47.5 Å². The molecule has 0 saturated carbocycles. The molecule has 0 bridgehead atoms. The van der Waals surface area contributed by atoms with Crippen LogP contribution in [-0.4, -0.2) is 41.4 Å². The van der Waals surface area contributed by atoms with E-state index in [1.165, 1.54) is 11.1 Å². The highest BCUT2D eigenvalue weighted by molar-refractivity contribution is 7.12. The average molecular weight is 355 g/mol. The average Bonchev–Trinajstić information content (AvgIpc) is 3.16. The summed E-state index contributed by atoms with van der Waals surface area (Å²) in [6.07, 6.45) is 2.12. The third-order valence-electron chi connectivity index (χ3n) is 5.94. The van der Waals surface area contributed by atoms with E-state index in [2.05, 4.69) is 43.0 Å². The summed E-state index contributed by atoms with van der Waals surface area (Å²) < 4.78 is 0. The van der Waals surface area contributed by atoms with Gasteiger partial charge in [-0.25, -0.2) is 0 Å². The lowest BCUT2D eigenvalue weighted by Gasteiger charge is -2.49. The first kappa shape index (κ1) is 16.8. The van der Waals surface area contributed by atoms with Gasteiger partial charge in [-0.05, 0) is 49.3 Å². The number of nitrogens with zero attached hydrogens (tertiary/aromatic N) is 2. The second kappa shape index (κ2) is 6.58. The Morgan fingerprint density at radius 1 is 1.12 bits per heavy atom. The van der Waals surface area contributed by atoms with Crippen molar-refractivity contribution in [2.75, 3.05) is 19.6 Å². The molecule has 2 aromatic rings. The number of likely N-dealkylation sites (tertiary alicyclic amines) is 1. The Labute approximate surface area is 154 Å². The summed E-state index contributed by atoms with van der Waals surface area (Å²) in [7, 11) is 0. The van der Waals surface area contributed by atoms with Crippen LogP contribution in [0.25, 0.3) is 0 Å². The predicted octanol–water partition coefficient (Wildman–Crippen LogP) is 4.15. The molecule has 4 heteroatoms. The van der Waals surface area contributed by atoms with Gasteiger partial charge in [0.2, 0.25) is 0 Å². The quantitative estimate of drug-likeness (QED) is 0.809. The molecule has 25 heavy (non-hydrogen) atoms. The molecule has 1 fully saturated rings. The number of fused-ring (bicyclic) bond motifs is 2. The first-order valence-corrected chi connectivity index (χ1v) is 10.1. The second-order valence-electron chi connectivity index (χ2n) is 7.71. The van der Waals surface area contributed by atoms with E-state index >= 15 is 0 Å². The molecule has 1 aromatic carbocycles. The topological polar surface area (TPSA) is 23.6 Å². The minimum absolute atomic E-state index is 0.200. The largest absolute Gasteiger partial charge is 0.338 e. The van der Waals surface area contributed by atoms with Gasteiger partial charge in [0.15, 0.2) is 0 Å². The fourth-order valence-corrected chi connectivity index (χ4v) is 5.10. The van der Waals surface area contributed by atoms with Crippen molar-refractivity contribution in [1.82, 2.24) is 9.80 Å². The van der Waals surface area contributed by atoms with E-state index in [1.54, 1.807) is 11.3 Å². The zero-order chi connectivity index (χ0) is 17.4. The molecule has 0 atom stereocenters. The molecule has 1 spiro atoms. The van der Waals surface area contributed by atoms with Gasteiger partial charge in [-0.3, -0.25) is 9.69 Å². The van der Waals surface area contributed by atoms with Gasteiger partial charge in [0.25, 0.3) is 5.91 Å². The van der Waals surface area contributed by atoms with Crippen molar-refractivity contribution in [3.8, 4) is 0 Å². The molecule has 0 radical (unpaired) electrons. The maximum absolute atomic E-state index is 12.7. The van der Waals surface area contributed by atoms with Crippen molar-refractivity contribution in [3.63, 3.8) is 0 Å². The normalized spacial score (nSPS) is 20.0. The minimum atomic E-state index is 0.200. The van der Waals surface area contributed by atoms with Gasteiger partial charge in [-0.1, -0.05) is 30.3 Å². The molecular weight excluding hydrogens is 328 g/mol. The summed E-state index contributed by atoms with van der Waals surface area (Å²) in [5.41, 5.74) is 3.20. The summed E-state index contributed by atoms with van der Waals surface area (Å²) >= 11 is 1.55. The number of hydrogen-bond acceptors (Lipinski definition) is 3. The molecule has 1 aromatic heterocycles. The maximum atomic E-state index is 12.7. The lowest BCUT2D eigenvalue weighted by Crippen LogP contribution is -2.54. The predicted molar refractivity (Wildman–Crippen MR) is 103 cm³/mol. The molecule has 3 nitrogen and oxygen atoms in total. The zero-order valence-corrected chi connectivity index (χ0v) is 15.9. The number of rotatable bonds is 2. The molecule has 0 aliphatic carbocycles. The van der Waals surface area contributed by atoms with Gasteiger partial charge >= 0.3 is 0 Å². The molecule has 3 heterocycles. The number of thiophene rings is 1. The van der Waals surface area contributed by atoms with Crippen LogP contribution >= 0.6 is 11.3 Å². The Bertz CT molecular complexity index is 745. The molecule has 2 aliphatic heterocycles. The van der Waals surface area contributed by atoms with Crippen molar-refractivity contribution in [3.05, 3.63) is 57.8 Å². The van der Waals surface area contributed by atoms with Crippen LogP contribution in [0.4, 0.5) is 0 Å². The number of carbonyl (C=O) groups excluding carboxylic acids is 1. The lowest BCUT2D eigenvalue weighted by molar-refractivity contribution is 0.0561. The van der Waals surface area contributed by atoms with Gasteiger partial charge < -0.3 is 4.90 Å². The van der Waals surface area contributed by atoms with Gasteiger partial charge in [-0.15, -0.1) is 11.3 Å². The van der Waals surface area contributed by atoms with Crippen molar-refractivity contribution < 1.29 is 4.79 Å². The van der Waals surface area contributed by atoms with Gasteiger partial charge in [-0.2, -0.15) is 0 Å². The molecule has 4 rings (SSSR count). The fourth-order valence-electron chi connectivity index (χ4n) is 4.41. The van der Waals surface area contributed by atoms with Crippen LogP contribution in [-0.2, 0) is 12.0 Å². The monoisotopic (exact) mass is 354 g/mol. The van der Waals surface area contributed by atoms with Crippen LogP contribution in [0.2, 0.25) is 0 Å². The maximum Gasteiger partial charge on any atom is 0.263 e. The smallest absolute Gasteiger partial charge is 0.263 e. The summed E-state index contributed by atoms with van der Waals surface area (Å²) in [4.78, 5) is 18.2. The van der Waals surface area contributed by atoms with E-state index in [0.29, 0.717) is 6.04 Å². The molecular formula is C21H26N2OS. The molecule has 0 N–H and O–H groups in total. The van der Waals surface area contributed by atoms with Crippen molar-refractivity contribution in [2.24, 2.45) is 0 Å². The highest BCUT2D eigenvalue weighted by Crippen LogP contribution is 2.42. The Balaban J connectivity index is 1.57. The highest BCUT2D eigenvalue weighted by atomic mass is 32.1. The van der Waals surface area contributed by atoms with Crippen LogP contribution in [0.3, 0.4) is 0 Å². The second-order valence-corrected chi connectivity index (χ2v) is 8.65. The van der Waals surface area contributed by atoms with E-state index in [1.807, 2.05) is 22.4 Å². The van der Waals surface area contributed by atoms with Crippen molar-refractivity contribution in [1.29, 1.82) is 0 Å². The van der Waals surface area contributed by atoms with E-state index in [0.717, 1.165) is 43.9 Å². The lowest BCUT2D eigenvalue weighted by atomic mass is 9.68. The summed E-state index contributed by atoms with van der Waals surface area (Å²) in [6, 6.07) is 13.4.